The van der Waals surface area contributed by atoms with Gasteiger partial charge >= 0.3 is 0 Å². The van der Waals surface area contributed by atoms with Crippen LogP contribution in [-0.4, -0.2) is 5.78 Å². The predicted molar refractivity (Wildman–Crippen MR) is 62.0 cm³/mol. The topological polar surface area (TPSA) is 17.1 Å². The fraction of sp³-hybridized carbons (Fsp3) is 0.462. The molecule has 1 unspecified atom stereocenters. The second kappa shape index (κ2) is 3.85. The molecule has 1 aromatic carbocycles. The number of benzene rings is 1. The first-order valence-corrected chi connectivity index (χ1v) is 5.74. The van der Waals surface area contributed by atoms with Crippen molar-refractivity contribution >= 4 is 17.4 Å². The Morgan fingerprint density at radius 2 is 2.19 bits per heavy atom. The highest BCUT2D eigenvalue weighted by atomic mass is 35.5. The van der Waals surface area contributed by atoms with Crippen LogP contribution in [0.3, 0.4) is 0 Å². The van der Waals surface area contributed by atoms with Crippen LogP contribution in [0, 0.1) is 17.2 Å². The molecule has 1 nitrogen and oxygen atoms in total. The van der Waals surface area contributed by atoms with Gasteiger partial charge in [-0.3, -0.25) is 4.79 Å². The van der Waals surface area contributed by atoms with Crippen LogP contribution in [0.4, 0.5) is 4.39 Å². The SMILES string of the molecule is CC1(C)CC1C(=O)Cc1ccc(Cl)cc1F. The van der Waals surface area contributed by atoms with Gasteiger partial charge in [0.25, 0.3) is 0 Å². The molecular weight excluding hydrogens is 227 g/mol. The second-order valence-corrected chi connectivity index (χ2v) is 5.56. The number of halogens is 2. The Morgan fingerprint density at radius 1 is 1.56 bits per heavy atom. The van der Waals surface area contributed by atoms with Gasteiger partial charge in [-0.05, 0) is 29.5 Å². The van der Waals surface area contributed by atoms with Crippen LogP contribution in [0.15, 0.2) is 18.2 Å². The van der Waals surface area contributed by atoms with Gasteiger partial charge in [-0.1, -0.05) is 31.5 Å². The molecule has 2 rings (SSSR count). The van der Waals surface area contributed by atoms with Crippen molar-refractivity contribution in [3.8, 4) is 0 Å². The van der Waals surface area contributed by atoms with Crippen LogP contribution < -0.4 is 0 Å². The molecule has 0 heterocycles. The monoisotopic (exact) mass is 240 g/mol. The van der Waals surface area contributed by atoms with Crippen molar-refractivity contribution in [3.63, 3.8) is 0 Å². The van der Waals surface area contributed by atoms with Gasteiger partial charge in [0.05, 0.1) is 0 Å². The summed E-state index contributed by atoms with van der Waals surface area (Å²) in [5.41, 5.74) is 0.553. The lowest BCUT2D eigenvalue weighted by Gasteiger charge is -2.04. The summed E-state index contributed by atoms with van der Waals surface area (Å²) in [4.78, 5) is 11.8. The minimum absolute atomic E-state index is 0.0996. The van der Waals surface area contributed by atoms with E-state index in [-0.39, 0.29) is 29.4 Å². The van der Waals surface area contributed by atoms with Crippen LogP contribution in [0.1, 0.15) is 25.8 Å². The molecule has 1 aliphatic rings. The van der Waals surface area contributed by atoms with Crippen LogP contribution in [0.5, 0.6) is 0 Å². The molecule has 0 bridgehead atoms. The summed E-state index contributed by atoms with van der Waals surface area (Å²) in [6.07, 6.45) is 1.10. The summed E-state index contributed by atoms with van der Waals surface area (Å²) < 4.78 is 13.5. The van der Waals surface area contributed by atoms with Gasteiger partial charge in [0.2, 0.25) is 0 Å². The van der Waals surface area contributed by atoms with Gasteiger partial charge in [0, 0.05) is 17.4 Å². The molecule has 0 N–H and O–H groups in total. The molecule has 1 saturated carbocycles. The van der Waals surface area contributed by atoms with Crippen molar-refractivity contribution in [2.24, 2.45) is 11.3 Å². The van der Waals surface area contributed by atoms with Gasteiger partial charge in [0.15, 0.2) is 0 Å². The third-order valence-corrected chi connectivity index (χ3v) is 3.52. The lowest BCUT2D eigenvalue weighted by Crippen LogP contribution is -2.10. The van der Waals surface area contributed by atoms with E-state index in [0.29, 0.717) is 10.6 Å². The number of rotatable bonds is 3. The van der Waals surface area contributed by atoms with Crippen molar-refractivity contribution < 1.29 is 9.18 Å². The molecule has 1 fully saturated rings. The van der Waals surface area contributed by atoms with Gasteiger partial charge in [-0.2, -0.15) is 0 Å². The van der Waals surface area contributed by atoms with Crippen molar-refractivity contribution in [1.29, 1.82) is 0 Å². The molecule has 0 amide bonds. The Hall–Kier alpha value is -0.890. The van der Waals surface area contributed by atoms with Crippen molar-refractivity contribution in [2.45, 2.75) is 26.7 Å². The third-order valence-electron chi connectivity index (χ3n) is 3.28. The molecule has 16 heavy (non-hydrogen) atoms. The van der Waals surface area contributed by atoms with Crippen LogP contribution in [-0.2, 0) is 11.2 Å². The van der Waals surface area contributed by atoms with Crippen molar-refractivity contribution in [3.05, 3.63) is 34.6 Å². The van der Waals surface area contributed by atoms with E-state index in [9.17, 15) is 9.18 Å². The number of hydrogen-bond donors (Lipinski definition) is 0. The first-order valence-electron chi connectivity index (χ1n) is 5.37. The van der Waals surface area contributed by atoms with E-state index in [0.717, 1.165) is 6.42 Å². The Labute approximate surface area is 99.6 Å². The van der Waals surface area contributed by atoms with E-state index >= 15 is 0 Å². The quantitative estimate of drug-likeness (QED) is 0.789. The number of carbonyl (C=O) groups is 1. The van der Waals surface area contributed by atoms with E-state index in [4.69, 9.17) is 11.6 Å². The number of ketones is 1. The molecule has 0 radical (unpaired) electrons. The number of carbonyl (C=O) groups excluding carboxylic acids is 1. The van der Waals surface area contributed by atoms with E-state index in [1.165, 1.54) is 6.07 Å². The first kappa shape index (κ1) is 11.6. The third kappa shape index (κ3) is 2.27. The maximum atomic E-state index is 13.5. The second-order valence-electron chi connectivity index (χ2n) is 5.12. The Bertz CT molecular complexity index is 440. The normalized spacial score (nSPS) is 21.9. The Morgan fingerprint density at radius 3 is 2.69 bits per heavy atom. The van der Waals surface area contributed by atoms with E-state index in [1.54, 1.807) is 12.1 Å². The van der Waals surface area contributed by atoms with Crippen molar-refractivity contribution in [2.75, 3.05) is 0 Å². The lowest BCUT2D eigenvalue weighted by molar-refractivity contribution is -0.120. The summed E-state index contributed by atoms with van der Waals surface area (Å²) in [6, 6.07) is 4.46. The maximum absolute atomic E-state index is 13.5. The van der Waals surface area contributed by atoms with Gasteiger partial charge in [-0.15, -0.1) is 0 Å². The molecular formula is C13H14ClFO. The molecule has 86 valence electrons. The maximum Gasteiger partial charge on any atom is 0.140 e. The Balaban J connectivity index is 2.07. The van der Waals surface area contributed by atoms with E-state index in [1.807, 2.05) is 0 Å². The smallest absolute Gasteiger partial charge is 0.140 e. The zero-order chi connectivity index (χ0) is 11.9. The summed E-state index contributed by atoms with van der Waals surface area (Å²) >= 11 is 5.65. The number of hydrogen-bond acceptors (Lipinski definition) is 1. The summed E-state index contributed by atoms with van der Waals surface area (Å²) in [5.74, 6) is -0.159. The van der Waals surface area contributed by atoms with Gasteiger partial charge in [0.1, 0.15) is 11.6 Å². The van der Waals surface area contributed by atoms with Crippen LogP contribution in [0.25, 0.3) is 0 Å². The Kier molecular flexibility index (Phi) is 2.79. The largest absolute Gasteiger partial charge is 0.299 e. The van der Waals surface area contributed by atoms with E-state index in [2.05, 4.69) is 13.8 Å². The highest BCUT2D eigenvalue weighted by Gasteiger charge is 2.49. The number of Topliss-reactive ketones (excluding diaryl/α,β-unsaturated/α-hetero) is 1. The molecule has 0 aromatic heterocycles. The van der Waals surface area contributed by atoms with Crippen LogP contribution in [0.2, 0.25) is 5.02 Å². The molecule has 0 aliphatic heterocycles. The molecule has 1 aliphatic carbocycles. The highest BCUT2D eigenvalue weighted by molar-refractivity contribution is 6.30. The fourth-order valence-electron chi connectivity index (χ4n) is 1.99. The summed E-state index contributed by atoms with van der Waals surface area (Å²) in [5, 5.41) is 0.362. The zero-order valence-electron chi connectivity index (χ0n) is 9.39. The van der Waals surface area contributed by atoms with Gasteiger partial charge in [-0.25, -0.2) is 4.39 Å². The zero-order valence-corrected chi connectivity index (χ0v) is 10.1. The summed E-state index contributed by atoms with van der Waals surface area (Å²) in [7, 11) is 0. The highest BCUT2D eigenvalue weighted by Crippen LogP contribution is 2.52. The fourth-order valence-corrected chi connectivity index (χ4v) is 2.15. The average molecular weight is 241 g/mol. The minimum atomic E-state index is -0.390. The standard InChI is InChI=1S/C13H14ClFO/c1-13(2)7-10(13)12(16)5-8-3-4-9(14)6-11(8)15/h3-4,6,10H,5,7H2,1-2H3. The molecule has 1 aromatic rings. The van der Waals surface area contributed by atoms with Gasteiger partial charge < -0.3 is 0 Å². The predicted octanol–water partition coefficient (Wildman–Crippen LogP) is 3.64. The molecule has 0 saturated heterocycles. The molecule has 3 heteroatoms. The molecule has 1 atom stereocenters. The molecule has 0 spiro atoms. The van der Waals surface area contributed by atoms with Crippen molar-refractivity contribution in [1.82, 2.24) is 0 Å². The average Bonchev–Trinajstić information content (AvgIpc) is 2.80. The lowest BCUT2D eigenvalue weighted by atomic mass is 10.0. The summed E-state index contributed by atoms with van der Waals surface area (Å²) in [6.45, 7) is 4.13. The minimum Gasteiger partial charge on any atom is -0.299 e. The van der Waals surface area contributed by atoms with E-state index < -0.39 is 0 Å². The van der Waals surface area contributed by atoms with Crippen LogP contribution >= 0.6 is 11.6 Å². The first-order chi connectivity index (χ1) is 7.40.